The quantitative estimate of drug-likeness (QED) is 0.150. The number of carbonyl (C=O) groups excluding carboxylic acids is 1. The molecule has 1 saturated heterocycles. The van der Waals surface area contributed by atoms with Gasteiger partial charge in [-0.05, 0) is 11.8 Å². The monoisotopic (exact) mass is 539 g/mol. The first kappa shape index (κ1) is 25.6. The number of phosphoric acid groups is 2. The van der Waals surface area contributed by atoms with Gasteiger partial charge >= 0.3 is 22.4 Å². The molecule has 8 N–H and O–H groups in total. The minimum absolute atomic E-state index is 0.0430. The first-order valence-corrected chi connectivity index (χ1v) is 13.8. The molecule has 0 aromatic heterocycles. The Morgan fingerprint density at radius 3 is 2.41 bits per heavy atom. The topological polar surface area (TPSA) is 276 Å². The van der Waals surface area contributed by atoms with Gasteiger partial charge in [-0.25, -0.2) is 13.4 Å². The van der Waals surface area contributed by atoms with Gasteiger partial charge in [0.15, 0.2) is 18.1 Å². The van der Waals surface area contributed by atoms with E-state index in [4.69, 9.17) is 20.3 Å². The first-order valence-electron chi connectivity index (χ1n) is 8.17. The zero-order valence-electron chi connectivity index (χ0n) is 15.3. The van der Waals surface area contributed by atoms with E-state index in [0.717, 1.165) is 11.2 Å². The van der Waals surface area contributed by atoms with Crippen LogP contribution in [0.4, 0.5) is 0 Å². The van der Waals surface area contributed by atoms with Gasteiger partial charge in [0.2, 0.25) is 5.96 Å². The molecule has 0 aliphatic carbocycles. The molecule has 32 heavy (non-hydrogen) atoms. The van der Waals surface area contributed by atoms with Gasteiger partial charge in [-0.3, -0.25) is 19.2 Å². The predicted octanol–water partition coefficient (Wildman–Crippen LogP) is -3.14. The largest absolute Gasteiger partial charge is 0.488 e. The van der Waals surface area contributed by atoms with Gasteiger partial charge in [0.1, 0.15) is 18.3 Å². The molecule has 3 unspecified atom stereocenters. The number of amidine groups is 1. The molecule has 3 aliphatic heterocycles. The third-order valence-corrected chi connectivity index (χ3v) is 8.37. The molecule has 3 heterocycles. The molecule has 1 amide bonds. The van der Waals surface area contributed by atoms with E-state index in [0.29, 0.717) is 0 Å². The minimum Gasteiger partial charge on any atom is -0.387 e. The van der Waals surface area contributed by atoms with Crippen molar-refractivity contribution in [2.45, 2.75) is 30.6 Å². The second kappa shape index (κ2) is 8.98. The summed E-state index contributed by atoms with van der Waals surface area (Å²) in [5.74, 6) is -1.13. The SMILES string of the molecule is NC1=NC(=O)C2N=CN([C@@H]3O[C@H](COP(=O)(O)OP(=O)(O)OP(O)(O)=S)[C@@H](O)[C@H]3O)C2=N1. The van der Waals surface area contributed by atoms with Crippen LogP contribution >= 0.6 is 22.4 Å². The van der Waals surface area contributed by atoms with E-state index in [2.05, 4.69) is 39.9 Å². The van der Waals surface area contributed by atoms with Crippen molar-refractivity contribution in [1.82, 2.24) is 4.90 Å². The molecule has 0 aromatic carbocycles. The number of hydrogen-bond acceptors (Lipinski definition) is 14. The van der Waals surface area contributed by atoms with Crippen LogP contribution in [0, 0.1) is 0 Å². The maximum Gasteiger partial charge on any atom is 0.488 e. The van der Waals surface area contributed by atoms with Gasteiger partial charge in [-0.1, -0.05) is 0 Å². The number of phosphoric ester groups is 1. The van der Waals surface area contributed by atoms with E-state index in [9.17, 15) is 33.9 Å². The minimum atomic E-state index is -5.52. The van der Waals surface area contributed by atoms with Crippen LogP contribution in [0.1, 0.15) is 0 Å². The molecule has 3 aliphatic rings. The van der Waals surface area contributed by atoms with Crippen molar-refractivity contribution >= 4 is 58.2 Å². The highest BCUT2D eigenvalue weighted by atomic mass is 32.5. The maximum absolute atomic E-state index is 11.9. The van der Waals surface area contributed by atoms with E-state index in [1.807, 2.05) is 0 Å². The van der Waals surface area contributed by atoms with Gasteiger partial charge in [0, 0.05) is 0 Å². The van der Waals surface area contributed by atoms with Crippen LogP contribution < -0.4 is 5.73 Å². The second-order valence-electron chi connectivity index (χ2n) is 6.29. The average Bonchev–Trinajstić information content (AvgIpc) is 3.12. The Labute approximate surface area is 183 Å². The number of nitrogens with two attached hydrogens (primary N) is 1. The Hall–Kier alpha value is -1.01. The Morgan fingerprint density at radius 1 is 1.12 bits per heavy atom. The van der Waals surface area contributed by atoms with Gasteiger partial charge < -0.3 is 40.3 Å². The van der Waals surface area contributed by atoms with Crippen molar-refractivity contribution in [3.63, 3.8) is 0 Å². The summed E-state index contributed by atoms with van der Waals surface area (Å²) in [6, 6.07) is -1.13. The van der Waals surface area contributed by atoms with Crippen LogP contribution in [0.25, 0.3) is 0 Å². The summed E-state index contributed by atoms with van der Waals surface area (Å²) in [6.07, 6.45) is -5.15. The number of aliphatic imine (C=N–C) groups is 3. The van der Waals surface area contributed by atoms with Crippen LogP contribution in [-0.2, 0) is 43.6 Å². The Morgan fingerprint density at radius 2 is 1.78 bits per heavy atom. The lowest BCUT2D eigenvalue weighted by molar-refractivity contribution is -0.117. The van der Waals surface area contributed by atoms with Crippen molar-refractivity contribution in [3.8, 4) is 0 Å². The summed E-state index contributed by atoms with van der Waals surface area (Å²) < 4.78 is 40.8. The second-order valence-corrected chi connectivity index (χ2v) is 12.1. The lowest BCUT2D eigenvalue weighted by Crippen LogP contribution is -2.49. The van der Waals surface area contributed by atoms with E-state index < -0.39 is 65.5 Å². The van der Waals surface area contributed by atoms with Crippen LogP contribution in [-0.4, -0.2) is 95.9 Å². The number of aliphatic hydroxyl groups is 2. The first-order chi connectivity index (χ1) is 14.6. The number of fused-ring (bicyclic) bond motifs is 1. The number of amides is 1. The van der Waals surface area contributed by atoms with E-state index in [1.54, 1.807) is 0 Å². The fourth-order valence-corrected chi connectivity index (χ4v) is 6.57. The smallest absolute Gasteiger partial charge is 0.387 e. The number of nitrogens with zero attached hydrogens (tertiary/aromatic N) is 4. The molecule has 180 valence electrons. The summed E-state index contributed by atoms with van der Waals surface area (Å²) >= 11 is 3.96. The van der Waals surface area contributed by atoms with Crippen molar-refractivity contribution < 1.29 is 61.6 Å². The maximum atomic E-state index is 11.9. The van der Waals surface area contributed by atoms with Gasteiger partial charge in [0.05, 0.1) is 12.9 Å². The van der Waals surface area contributed by atoms with Crippen molar-refractivity contribution in [2.24, 2.45) is 20.7 Å². The van der Waals surface area contributed by atoms with Crippen molar-refractivity contribution in [3.05, 3.63) is 0 Å². The fourth-order valence-electron chi connectivity index (χ4n) is 2.78. The summed E-state index contributed by atoms with van der Waals surface area (Å²) in [5, 5.41) is 20.5. The average molecular weight is 539 g/mol. The molecule has 0 saturated carbocycles. The molecule has 18 nitrogen and oxygen atoms in total. The zero-order chi connectivity index (χ0) is 24.1. The van der Waals surface area contributed by atoms with Crippen molar-refractivity contribution in [1.29, 1.82) is 0 Å². The number of rotatable bonds is 8. The van der Waals surface area contributed by atoms with Crippen LogP contribution in [0.2, 0.25) is 0 Å². The van der Waals surface area contributed by atoms with Crippen LogP contribution in [0.3, 0.4) is 0 Å². The van der Waals surface area contributed by atoms with Crippen molar-refractivity contribution in [2.75, 3.05) is 6.61 Å². The number of hydrogen-bond donors (Lipinski definition) is 7. The molecule has 3 rings (SSSR count). The Kier molecular flexibility index (Phi) is 7.18. The molecule has 0 radical (unpaired) electrons. The third-order valence-electron chi connectivity index (χ3n) is 3.97. The van der Waals surface area contributed by atoms with E-state index >= 15 is 0 Å². The summed E-state index contributed by atoms with van der Waals surface area (Å²) in [6.45, 7) is -5.69. The summed E-state index contributed by atoms with van der Waals surface area (Å²) in [4.78, 5) is 60.6. The Balaban J connectivity index is 1.65. The highest BCUT2D eigenvalue weighted by Gasteiger charge is 2.50. The predicted molar refractivity (Wildman–Crippen MR) is 105 cm³/mol. The molecule has 22 heteroatoms. The van der Waals surface area contributed by atoms with E-state index in [1.165, 1.54) is 0 Å². The number of carbonyl (C=O) groups is 1. The van der Waals surface area contributed by atoms with Gasteiger partial charge in [0.25, 0.3) is 5.91 Å². The number of aliphatic hydroxyl groups excluding tert-OH is 2. The summed E-state index contributed by atoms with van der Waals surface area (Å²) in [5.41, 5.74) is 5.44. The Bertz CT molecular complexity index is 1030. The zero-order valence-corrected chi connectivity index (χ0v) is 18.8. The third kappa shape index (κ3) is 5.91. The molecular formula is C10H16N5O13P3S. The standard InChI is InChI=1S/C10H16N5O13P3S/c11-10-13-7-4(8(18)14-10)12-2-15(7)9-6(17)5(16)3(26-9)1-25-29(19,20)27-30(21,22)28-31(23,24)32/h2-6,9,16-17H,1H2,(H,19,20)(H,21,22)(H2,11,14,18)(H2,23,24,32)/t3-,4?,5-,6-,9-/m1/s1. The molecular weight excluding hydrogens is 523 g/mol. The number of guanidine groups is 1. The molecule has 7 atom stereocenters. The summed E-state index contributed by atoms with van der Waals surface area (Å²) in [7, 11) is -10.9. The lowest BCUT2D eigenvalue weighted by atomic mass is 10.1. The molecule has 1 fully saturated rings. The fraction of sp³-hybridized carbons (Fsp3) is 0.600. The number of ether oxygens (including phenoxy) is 1. The molecule has 0 aromatic rings. The molecule has 0 bridgehead atoms. The lowest BCUT2D eigenvalue weighted by Gasteiger charge is -2.27. The van der Waals surface area contributed by atoms with Gasteiger partial charge in [-0.15, -0.1) is 0 Å². The van der Waals surface area contributed by atoms with Crippen LogP contribution in [0.15, 0.2) is 15.0 Å². The highest BCUT2D eigenvalue weighted by Crippen LogP contribution is 2.66. The molecule has 0 spiro atoms. The van der Waals surface area contributed by atoms with Crippen LogP contribution in [0.5, 0.6) is 0 Å². The normalized spacial score (nSPS) is 34.0. The highest BCUT2D eigenvalue weighted by molar-refractivity contribution is 8.08. The van der Waals surface area contributed by atoms with Gasteiger partial charge in [-0.2, -0.15) is 14.3 Å². The van der Waals surface area contributed by atoms with E-state index in [-0.39, 0.29) is 11.8 Å².